The zero-order valence-electron chi connectivity index (χ0n) is 22.4. The number of carbonyl (C=O) groups excluding carboxylic acids is 1. The first-order valence-electron chi connectivity index (χ1n) is 13.2. The van der Waals surface area contributed by atoms with Gasteiger partial charge in [-0.05, 0) is 55.2 Å². The second-order valence-electron chi connectivity index (χ2n) is 9.62. The van der Waals surface area contributed by atoms with E-state index in [4.69, 9.17) is 16.6 Å². The van der Waals surface area contributed by atoms with E-state index in [1.54, 1.807) is 15.7 Å². The molecule has 1 aromatic carbocycles. The molecule has 9 heteroatoms. The van der Waals surface area contributed by atoms with Gasteiger partial charge in [-0.25, -0.2) is 14.3 Å². The van der Waals surface area contributed by atoms with Crippen LogP contribution in [0.5, 0.6) is 0 Å². The third-order valence-electron chi connectivity index (χ3n) is 7.28. The van der Waals surface area contributed by atoms with Crippen LogP contribution in [0.2, 0.25) is 5.02 Å². The van der Waals surface area contributed by atoms with Crippen LogP contribution in [-0.4, -0.2) is 56.0 Å². The van der Waals surface area contributed by atoms with Crippen LogP contribution in [0.3, 0.4) is 0 Å². The molecule has 1 amide bonds. The van der Waals surface area contributed by atoms with E-state index < -0.39 is 5.69 Å². The largest absolute Gasteiger partial charge is 0.355 e. The molecule has 0 spiro atoms. The Morgan fingerprint density at radius 1 is 1.10 bits per heavy atom. The normalized spacial score (nSPS) is 15.5. The fraction of sp³-hybridized carbons (Fsp3) is 0.300. The summed E-state index contributed by atoms with van der Waals surface area (Å²) < 4.78 is 1.63. The zero-order chi connectivity index (χ0) is 27.7. The predicted molar refractivity (Wildman–Crippen MR) is 156 cm³/mol. The van der Waals surface area contributed by atoms with Gasteiger partial charge in [-0.1, -0.05) is 56.3 Å². The van der Waals surface area contributed by atoms with Gasteiger partial charge in [-0.15, -0.1) is 0 Å². The Morgan fingerprint density at radius 2 is 1.85 bits per heavy atom. The van der Waals surface area contributed by atoms with Crippen molar-refractivity contribution in [2.45, 2.75) is 39.7 Å². The summed E-state index contributed by atoms with van der Waals surface area (Å²) in [5.74, 6) is 0.404. The lowest BCUT2D eigenvalue weighted by Gasteiger charge is -2.40. The van der Waals surface area contributed by atoms with Gasteiger partial charge >= 0.3 is 5.69 Å². The summed E-state index contributed by atoms with van der Waals surface area (Å²) in [7, 11) is 0. The molecule has 5 rings (SSSR count). The Bertz CT molecular complexity index is 1600. The molecule has 0 unspecified atom stereocenters. The van der Waals surface area contributed by atoms with Gasteiger partial charge in [0.1, 0.15) is 11.5 Å². The number of halogens is 1. The monoisotopic (exact) mass is 542 g/mol. The van der Waals surface area contributed by atoms with Crippen LogP contribution in [0.25, 0.3) is 28.1 Å². The highest BCUT2D eigenvalue weighted by Crippen LogP contribution is 2.34. The van der Waals surface area contributed by atoms with Gasteiger partial charge < -0.3 is 9.80 Å². The van der Waals surface area contributed by atoms with Gasteiger partial charge in [0, 0.05) is 31.9 Å². The summed E-state index contributed by atoms with van der Waals surface area (Å²) in [4.78, 5) is 44.1. The van der Waals surface area contributed by atoms with Crippen molar-refractivity contribution in [2.24, 2.45) is 0 Å². The molecule has 0 saturated carbocycles. The summed E-state index contributed by atoms with van der Waals surface area (Å²) in [5, 5.41) is 1.09. The summed E-state index contributed by atoms with van der Waals surface area (Å²) in [6, 6.07) is 13.4. The van der Waals surface area contributed by atoms with Gasteiger partial charge in [0.05, 0.1) is 21.8 Å². The molecule has 1 aliphatic rings. The molecule has 0 aliphatic carbocycles. The lowest BCUT2D eigenvalue weighted by Crippen LogP contribution is -2.54. The lowest BCUT2D eigenvalue weighted by molar-refractivity contribution is -0.126. The van der Waals surface area contributed by atoms with E-state index in [2.05, 4.69) is 35.3 Å². The van der Waals surface area contributed by atoms with Crippen LogP contribution in [0.4, 0.5) is 5.82 Å². The molecule has 4 aromatic rings. The molecule has 200 valence electrons. The zero-order valence-corrected chi connectivity index (χ0v) is 23.1. The highest BCUT2D eigenvalue weighted by atomic mass is 35.5. The van der Waals surface area contributed by atoms with Crippen LogP contribution in [0.1, 0.15) is 31.9 Å². The van der Waals surface area contributed by atoms with E-state index in [-0.39, 0.29) is 11.9 Å². The number of benzene rings is 1. The van der Waals surface area contributed by atoms with Gasteiger partial charge in [0.25, 0.3) is 0 Å². The number of nitrogens with zero attached hydrogens (tertiary/aromatic N) is 6. The van der Waals surface area contributed by atoms with Gasteiger partial charge in [-0.2, -0.15) is 4.98 Å². The first-order valence-corrected chi connectivity index (χ1v) is 13.6. The Hall–Kier alpha value is -4.04. The average molecular weight is 543 g/mol. The van der Waals surface area contributed by atoms with E-state index in [1.165, 1.54) is 6.08 Å². The molecule has 1 atom stereocenters. The van der Waals surface area contributed by atoms with Crippen LogP contribution in [-0.2, 0) is 17.6 Å². The highest BCUT2D eigenvalue weighted by Gasteiger charge is 2.30. The molecule has 0 bridgehead atoms. The number of rotatable bonds is 6. The molecule has 0 N–H and O–H groups in total. The molecule has 39 heavy (non-hydrogen) atoms. The van der Waals surface area contributed by atoms with Crippen molar-refractivity contribution >= 4 is 34.4 Å². The minimum absolute atomic E-state index is 0.0861. The topological polar surface area (TPSA) is 84.2 Å². The Labute approximate surface area is 232 Å². The van der Waals surface area contributed by atoms with Crippen molar-refractivity contribution in [1.29, 1.82) is 0 Å². The number of fused-ring (bicyclic) bond motifs is 1. The number of carbonyl (C=O) groups is 1. The minimum atomic E-state index is -0.410. The lowest BCUT2D eigenvalue weighted by atomic mass is 10.0. The fourth-order valence-corrected chi connectivity index (χ4v) is 5.56. The second-order valence-corrected chi connectivity index (χ2v) is 10.0. The molecular weight excluding hydrogens is 512 g/mol. The molecule has 3 aromatic heterocycles. The minimum Gasteiger partial charge on any atom is -0.350 e. The molecular formula is C30H31ClN6O2. The summed E-state index contributed by atoms with van der Waals surface area (Å²) in [6.07, 6.45) is 4.51. The number of para-hydroxylation sites is 1. The fourth-order valence-electron chi connectivity index (χ4n) is 5.31. The van der Waals surface area contributed by atoms with Crippen molar-refractivity contribution in [3.05, 3.63) is 88.0 Å². The Morgan fingerprint density at radius 3 is 2.46 bits per heavy atom. The van der Waals surface area contributed by atoms with Crippen LogP contribution >= 0.6 is 11.6 Å². The first kappa shape index (κ1) is 26.6. The van der Waals surface area contributed by atoms with Crippen molar-refractivity contribution in [3.8, 4) is 17.1 Å². The summed E-state index contributed by atoms with van der Waals surface area (Å²) in [5.41, 5.74) is 4.06. The van der Waals surface area contributed by atoms with Crippen LogP contribution < -0.4 is 10.6 Å². The third kappa shape index (κ3) is 4.81. The number of aryl methyl sites for hydroxylation is 2. The van der Waals surface area contributed by atoms with Crippen molar-refractivity contribution < 1.29 is 4.79 Å². The standard InChI is InChI=1S/C30H31ClN6O2/c1-5-20-11-10-12-21(6-2)27(20)37-29-22(17-23(31)26(33-29)24-13-8-9-14-32-24)28(34-30(37)39)36-16-15-35(18-19(36)4)25(38)7-3/h7-14,17,19H,3,5-6,15-16,18H2,1-2,4H3/t19-/m0/s1. The first-order chi connectivity index (χ1) is 18.9. The SMILES string of the molecule is C=CC(=O)N1CCN(c2nc(=O)n(-c3c(CC)cccc3CC)c3nc(-c4ccccn4)c(Cl)cc23)[C@@H](C)C1. The van der Waals surface area contributed by atoms with Crippen LogP contribution in [0, 0.1) is 0 Å². The number of hydrogen-bond donors (Lipinski definition) is 0. The van der Waals surface area contributed by atoms with Crippen molar-refractivity contribution in [1.82, 2.24) is 24.4 Å². The maximum atomic E-state index is 14.0. The molecule has 1 aliphatic heterocycles. The van der Waals surface area contributed by atoms with Crippen LogP contribution in [0.15, 0.2) is 66.1 Å². The van der Waals surface area contributed by atoms with E-state index in [1.807, 2.05) is 49.4 Å². The smallest absolute Gasteiger partial charge is 0.350 e. The molecule has 1 fully saturated rings. The molecule has 4 heterocycles. The van der Waals surface area contributed by atoms with E-state index in [0.717, 1.165) is 29.7 Å². The number of piperazine rings is 1. The Kier molecular flexibility index (Phi) is 7.48. The van der Waals surface area contributed by atoms with Crippen molar-refractivity contribution in [3.63, 3.8) is 0 Å². The van der Waals surface area contributed by atoms with Gasteiger partial charge in [-0.3, -0.25) is 9.78 Å². The number of hydrogen-bond acceptors (Lipinski definition) is 6. The van der Waals surface area contributed by atoms with Gasteiger partial charge in [0.2, 0.25) is 5.91 Å². The predicted octanol–water partition coefficient (Wildman–Crippen LogP) is 4.84. The quantitative estimate of drug-likeness (QED) is 0.324. The Balaban J connectivity index is 1.79. The maximum Gasteiger partial charge on any atom is 0.355 e. The van der Waals surface area contributed by atoms with Gasteiger partial charge in [0.15, 0.2) is 5.65 Å². The summed E-state index contributed by atoms with van der Waals surface area (Å²) >= 11 is 6.82. The number of aromatic nitrogens is 4. The van der Waals surface area contributed by atoms with E-state index >= 15 is 0 Å². The molecule has 8 nitrogen and oxygen atoms in total. The number of anilines is 1. The second kappa shape index (κ2) is 11.0. The van der Waals surface area contributed by atoms with E-state index in [0.29, 0.717) is 52.9 Å². The molecule has 1 saturated heterocycles. The van der Waals surface area contributed by atoms with Crippen molar-refractivity contribution in [2.75, 3.05) is 24.5 Å². The number of pyridine rings is 2. The average Bonchev–Trinajstić information content (AvgIpc) is 2.96. The summed E-state index contributed by atoms with van der Waals surface area (Å²) in [6.45, 7) is 11.3. The number of amides is 1. The maximum absolute atomic E-state index is 14.0. The molecule has 0 radical (unpaired) electrons. The highest BCUT2D eigenvalue weighted by molar-refractivity contribution is 6.33. The van der Waals surface area contributed by atoms with E-state index in [9.17, 15) is 9.59 Å². The third-order valence-corrected chi connectivity index (χ3v) is 7.57.